The molecule has 4 heterocycles. The Bertz CT molecular complexity index is 2500. The largest absolute Gasteiger partial charge is 0.455 e. The number of furan rings is 1. The SMILES string of the molecule is C=CC1=NC2CC(=C)[n+]3c(n(-c4c(C)cc(C)cc4C)c4ccccc43)-c3c(ccc4c3oc3ccccc34)CCC2c2ccccc21. The molecule has 0 spiro atoms. The number of para-hydroxylation sites is 3. The first-order valence-electron chi connectivity index (χ1n) is 17.0. The highest BCUT2D eigenvalue weighted by molar-refractivity contribution is 6.11. The Morgan fingerprint density at radius 2 is 1.62 bits per heavy atom. The number of hydrogen-bond acceptors (Lipinski definition) is 2. The van der Waals surface area contributed by atoms with Gasteiger partial charge in [0.05, 0.1) is 11.8 Å². The lowest BCUT2D eigenvalue weighted by molar-refractivity contribution is -0.542. The summed E-state index contributed by atoms with van der Waals surface area (Å²) in [5, 5.41) is 2.27. The van der Waals surface area contributed by atoms with Crippen LogP contribution >= 0.6 is 0 Å². The van der Waals surface area contributed by atoms with E-state index in [4.69, 9.17) is 16.0 Å². The molecular weight excluding hydrogens is 587 g/mol. The highest BCUT2D eigenvalue weighted by Crippen LogP contribution is 2.44. The van der Waals surface area contributed by atoms with Gasteiger partial charge in [0, 0.05) is 28.7 Å². The fraction of sp³-hybridized carbons (Fsp3) is 0.182. The zero-order valence-corrected chi connectivity index (χ0v) is 27.8. The first-order valence-corrected chi connectivity index (χ1v) is 17.0. The van der Waals surface area contributed by atoms with Gasteiger partial charge in [0.1, 0.15) is 22.5 Å². The monoisotopic (exact) mass is 624 g/mol. The molecule has 0 radical (unpaired) electrons. The van der Waals surface area contributed by atoms with Crippen molar-refractivity contribution in [1.29, 1.82) is 0 Å². The normalized spacial score (nSPS) is 17.5. The Morgan fingerprint density at radius 1 is 0.875 bits per heavy atom. The molecule has 2 aliphatic heterocycles. The zero-order chi connectivity index (χ0) is 32.7. The average Bonchev–Trinajstić information content (AvgIpc) is 3.63. The minimum atomic E-state index is 0.0437. The van der Waals surface area contributed by atoms with Gasteiger partial charge in [-0.3, -0.25) is 4.99 Å². The number of allylic oxidation sites excluding steroid dienone is 1. The lowest BCUT2D eigenvalue weighted by atomic mass is 9.78. The first-order chi connectivity index (χ1) is 23.4. The topological polar surface area (TPSA) is 34.3 Å². The molecule has 234 valence electrons. The van der Waals surface area contributed by atoms with E-state index in [9.17, 15) is 0 Å². The van der Waals surface area contributed by atoms with Gasteiger partial charge in [-0.1, -0.05) is 97.6 Å². The molecule has 9 rings (SSSR count). The van der Waals surface area contributed by atoms with E-state index in [2.05, 4.69) is 134 Å². The van der Waals surface area contributed by atoms with Crippen LogP contribution in [-0.2, 0) is 6.42 Å². The van der Waals surface area contributed by atoms with Crippen molar-refractivity contribution in [1.82, 2.24) is 4.57 Å². The summed E-state index contributed by atoms with van der Waals surface area (Å²) in [6.45, 7) is 15.7. The highest BCUT2D eigenvalue weighted by atomic mass is 16.3. The molecule has 0 aliphatic carbocycles. The van der Waals surface area contributed by atoms with Crippen molar-refractivity contribution in [3.05, 3.63) is 150 Å². The van der Waals surface area contributed by atoms with E-state index < -0.39 is 0 Å². The van der Waals surface area contributed by atoms with Crippen LogP contribution in [0.25, 0.3) is 55.7 Å². The van der Waals surface area contributed by atoms with Crippen molar-refractivity contribution < 1.29 is 8.98 Å². The van der Waals surface area contributed by atoms with Crippen LogP contribution in [0.2, 0.25) is 0 Å². The van der Waals surface area contributed by atoms with Gasteiger partial charge in [-0.15, -0.1) is 0 Å². The van der Waals surface area contributed by atoms with E-state index >= 15 is 0 Å². The summed E-state index contributed by atoms with van der Waals surface area (Å²) in [6.07, 6.45) is 4.48. The minimum Gasteiger partial charge on any atom is -0.455 e. The maximum atomic E-state index is 6.88. The van der Waals surface area contributed by atoms with Crippen LogP contribution in [0.3, 0.4) is 0 Å². The van der Waals surface area contributed by atoms with E-state index in [0.29, 0.717) is 0 Å². The molecule has 2 atom stereocenters. The van der Waals surface area contributed by atoms with Crippen molar-refractivity contribution in [2.45, 2.75) is 52.0 Å². The Kier molecular flexibility index (Phi) is 6.45. The number of benzene rings is 5. The highest BCUT2D eigenvalue weighted by Gasteiger charge is 2.39. The molecule has 4 heteroatoms. The van der Waals surface area contributed by atoms with Gasteiger partial charge in [0.2, 0.25) is 0 Å². The maximum Gasteiger partial charge on any atom is 0.304 e. The molecule has 0 fully saturated rings. The molecule has 7 aromatic rings. The minimum absolute atomic E-state index is 0.0437. The summed E-state index contributed by atoms with van der Waals surface area (Å²) in [7, 11) is 0. The Labute approximate surface area is 281 Å². The predicted octanol–water partition coefficient (Wildman–Crippen LogP) is 10.4. The van der Waals surface area contributed by atoms with Crippen LogP contribution in [0.1, 0.15) is 52.1 Å². The summed E-state index contributed by atoms with van der Waals surface area (Å²) < 4.78 is 11.8. The number of hydrogen-bond donors (Lipinski definition) is 0. The van der Waals surface area contributed by atoms with Gasteiger partial charge in [-0.25, -0.2) is 0 Å². The van der Waals surface area contributed by atoms with Gasteiger partial charge < -0.3 is 4.42 Å². The molecule has 4 nitrogen and oxygen atoms in total. The van der Waals surface area contributed by atoms with Crippen LogP contribution in [0.15, 0.2) is 126 Å². The smallest absolute Gasteiger partial charge is 0.304 e. The van der Waals surface area contributed by atoms with E-state index in [1.807, 2.05) is 6.08 Å². The van der Waals surface area contributed by atoms with Gasteiger partial charge in [0.25, 0.3) is 0 Å². The van der Waals surface area contributed by atoms with Crippen molar-refractivity contribution in [2.75, 3.05) is 0 Å². The summed E-state index contributed by atoms with van der Waals surface area (Å²) in [6, 6.07) is 35.1. The van der Waals surface area contributed by atoms with Crippen LogP contribution < -0.4 is 4.57 Å². The quantitative estimate of drug-likeness (QED) is 0.176. The number of rotatable bonds is 2. The summed E-state index contributed by atoms with van der Waals surface area (Å²) in [5.74, 6) is 1.33. The van der Waals surface area contributed by atoms with Gasteiger partial charge in [0.15, 0.2) is 16.6 Å². The third-order valence-corrected chi connectivity index (χ3v) is 10.6. The molecule has 48 heavy (non-hydrogen) atoms. The molecule has 0 bridgehead atoms. The van der Waals surface area contributed by atoms with Gasteiger partial charge >= 0.3 is 5.82 Å². The molecule has 2 aliphatic rings. The summed E-state index contributed by atoms with van der Waals surface area (Å²) in [4.78, 5) is 5.38. The maximum absolute atomic E-state index is 6.88. The number of aliphatic imine (C=N–C) groups is 1. The third-order valence-electron chi connectivity index (χ3n) is 10.6. The number of aromatic nitrogens is 2. The Hall–Kier alpha value is -5.48. The standard InChI is InChI=1S/C44H38N3O/c1-6-36-32-14-8-7-13-31(32)33-21-19-30-20-22-35-34-15-9-12-18-40(34)48-43(35)41(30)44-46(29(5)25-37(33)45-36)38-16-10-11-17-39(38)47(44)42-27(3)23-26(2)24-28(42)4/h6-18,20,22-24,33,37H,1,5,19,21,25H2,2-4H3/q+1. The lowest BCUT2D eigenvalue weighted by Gasteiger charge is -2.32. The molecule has 2 aromatic heterocycles. The summed E-state index contributed by atoms with van der Waals surface area (Å²) >= 11 is 0. The third kappa shape index (κ3) is 4.15. The molecule has 0 N–H and O–H groups in total. The van der Waals surface area contributed by atoms with Gasteiger partial charge in [-0.05, 0) is 80.1 Å². The predicted molar refractivity (Wildman–Crippen MR) is 198 cm³/mol. The Balaban J connectivity index is 1.42. The van der Waals surface area contributed by atoms with Gasteiger partial charge in [-0.2, -0.15) is 9.13 Å². The molecule has 0 amide bonds. The summed E-state index contributed by atoms with van der Waals surface area (Å²) in [5.41, 5.74) is 16.0. The second-order valence-corrected chi connectivity index (χ2v) is 13.6. The van der Waals surface area contributed by atoms with Crippen LogP contribution in [0.4, 0.5) is 0 Å². The van der Waals surface area contributed by atoms with Crippen LogP contribution in [0.5, 0.6) is 0 Å². The van der Waals surface area contributed by atoms with Crippen LogP contribution in [-0.4, -0.2) is 16.3 Å². The van der Waals surface area contributed by atoms with E-state index in [1.54, 1.807) is 0 Å². The lowest BCUT2D eigenvalue weighted by Crippen LogP contribution is -2.38. The molecule has 2 unspecified atom stereocenters. The fourth-order valence-electron chi connectivity index (χ4n) is 8.69. The number of nitrogens with zero attached hydrogens (tertiary/aromatic N) is 3. The van der Waals surface area contributed by atoms with Crippen molar-refractivity contribution in [3.8, 4) is 17.1 Å². The second-order valence-electron chi connectivity index (χ2n) is 13.6. The molecule has 0 saturated carbocycles. The average molecular weight is 625 g/mol. The molecule has 0 saturated heterocycles. The van der Waals surface area contributed by atoms with Crippen molar-refractivity contribution in [3.63, 3.8) is 0 Å². The molecule has 5 aromatic carbocycles. The van der Waals surface area contributed by atoms with E-state index in [0.717, 1.165) is 75.0 Å². The van der Waals surface area contributed by atoms with E-state index in [-0.39, 0.29) is 12.0 Å². The Morgan fingerprint density at radius 3 is 2.46 bits per heavy atom. The second kappa shape index (κ2) is 10.8. The molecular formula is C44H38N3O+. The van der Waals surface area contributed by atoms with Crippen molar-refractivity contribution >= 4 is 44.4 Å². The van der Waals surface area contributed by atoms with Crippen LogP contribution in [0, 0.1) is 20.8 Å². The fourth-order valence-corrected chi connectivity index (χ4v) is 8.69. The first kappa shape index (κ1) is 28.7. The number of aryl methyl sites for hydroxylation is 4. The number of imidazole rings is 1. The number of fused-ring (bicyclic) bond motifs is 12. The van der Waals surface area contributed by atoms with Crippen molar-refractivity contribution in [2.24, 2.45) is 4.99 Å². The zero-order valence-electron chi connectivity index (χ0n) is 27.8. The van der Waals surface area contributed by atoms with E-state index in [1.165, 1.54) is 39.1 Å².